The number of carbonyl (C=O) groups excluding carboxylic acids is 1. The van der Waals surface area contributed by atoms with Gasteiger partial charge in [0.1, 0.15) is 0 Å². The molecule has 0 radical (unpaired) electrons. The fourth-order valence-electron chi connectivity index (χ4n) is 2.95. The first-order valence-electron chi connectivity index (χ1n) is 7.67. The van der Waals surface area contributed by atoms with E-state index in [1.165, 1.54) is 5.56 Å². The molecule has 2 atom stereocenters. The number of piperidine rings is 1. The van der Waals surface area contributed by atoms with E-state index in [9.17, 15) is 4.79 Å². The first-order chi connectivity index (χ1) is 10.2. The van der Waals surface area contributed by atoms with Gasteiger partial charge in [0, 0.05) is 20.2 Å². The molecule has 1 aromatic rings. The Kier molecular flexibility index (Phi) is 6.21. The van der Waals surface area contributed by atoms with Gasteiger partial charge in [-0.25, -0.2) is 0 Å². The number of methoxy groups -OCH3 is 1. The van der Waals surface area contributed by atoms with E-state index in [2.05, 4.69) is 29.2 Å². The summed E-state index contributed by atoms with van der Waals surface area (Å²) in [7, 11) is 1.73. The summed E-state index contributed by atoms with van der Waals surface area (Å²) in [5, 5.41) is 0. The highest BCUT2D eigenvalue weighted by atomic mass is 16.5. The molecule has 1 aliphatic rings. The van der Waals surface area contributed by atoms with Crippen LogP contribution in [-0.4, -0.2) is 43.8 Å². The Morgan fingerprint density at radius 3 is 2.76 bits per heavy atom. The van der Waals surface area contributed by atoms with Crippen LogP contribution in [-0.2, 0) is 20.8 Å². The summed E-state index contributed by atoms with van der Waals surface area (Å²) in [6.45, 7) is 5.10. The molecule has 0 N–H and O–H groups in total. The normalized spacial score (nSPS) is 23.0. The standard InChI is InChI=1S/C17H25NO3/c1-3-21-17(19)11-15-9-10-18(13-16(15)20-2)12-14-7-5-4-6-8-14/h4-8,15-16H,3,9-13H2,1-2H3/t15-,16-/m0/s1. The SMILES string of the molecule is CCOC(=O)C[C@@H]1CCN(Cc2ccccc2)C[C@@H]1OC. The highest BCUT2D eigenvalue weighted by Gasteiger charge is 2.31. The number of hydrogen-bond acceptors (Lipinski definition) is 4. The van der Waals surface area contributed by atoms with Crippen LogP contribution in [0.3, 0.4) is 0 Å². The van der Waals surface area contributed by atoms with E-state index in [0.29, 0.717) is 13.0 Å². The lowest BCUT2D eigenvalue weighted by atomic mass is 9.90. The fraction of sp³-hybridized carbons (Fsp3) is 0.588. The summed E-state index contributed by atoms with van der Waals surface area (Å²) in [6, 6.07) is 10.5. The van der Waals surface area contributed by atoms with Gasteiger partial charge >= 0.3 is 5.97 Å². The van der Waals surface area contributed by atoms with E-state index in [1.54, 1.807) is 7.11 Å². The summed E-state index contributed by atoms with van der Waals surface area (Å²) in [5.41, 5.74) is 1.32. The molecule has 0 aliphatic carbocycles. The largest absolute Gasteiger partial charge is 0.466 e. The Bertz CT molecular complexity index is 435. The van der Waals surface area contributed by atoms with Crippen molar-refractivity contribution in [2.24, 2.45) is 5.92 Å². The number of hydrogen-bond donors (Lipinski definition) is 0. The highest BCUT2D eigenvalue weighted by Crippen LogP contribution is 2.24. The van der Waals surface area contributed by atoms with Crippen molar-refractivity contribution in [2.45, 2.75) is 32.4 Å². The zero-order valence-electron chi connectivity index (χ0n) is 13.0. The van der Waals surface area contributed by atoms with Crippen LogP contribution >= 0.6 is 0 Å². The molecular formula is C17H25NO3. The summed E-state index contributed by atoms with van der Waals surface area (Å²) >= 11 is 0. The van der Waals surface area contributed by atoms with E-state index >= 15 is 0 Å². The average Bonchev–Trinajstić information content (AvgIpc) is 2.50. The van der Waals surface area contributed by atoms with E-state index < -0.39 is 0 Å². The molecule has 1 aliphatic heterocycles. The third kappa shape index (κ3) is 4.83. The van der Waals surface area contributed by atoms with Gasteiger partial charge < -0.3 is 9.47 Å². The predicted octanol–water partition coefficient (Wildman–Crippen LogP) is 2.48. The van der Waals surface area contributed by atoms with Crippen molar-refractivity contribution in [1.82, 2.24) is 4.90 Å². The van der Waals surface area contributed by atoms with Gasteiger partial charge in [-0.1, -0.05) is 30.3 Å². The molecule has 0 amide bonds. The second kappa shape index (κ2) is 8.15. The Labute approximate surface area is 127 Å². The van der Waals surface area contributed by atoms with Crippen molar-refractivity contribution >= 4 is 5.97 Å². The van der Waals surface area contributed by atoms with Gasteiger partial charge in [0.05, 0.1) is 19.1 Å². The maximum atomic E-state index is 11.7. The Morgan fingerprint density at radius 1 is 1.33 bits per heavy atom. The molecule has 2 rings (SSSR count). The Hall–Kier alpha value is -1.39. The minimum Gasteiger partial charge on any atom is -0.466 e. The lowest BCUT2D eigenvalue weighted by molar-refractivity contribution is -0.146. The molecule has 0 saturated carbocycles. The van der Waals surface area contributed by atoms with Crippen LogP contribution in [0.25, 0.3) is 0 Å². The summed E-state index contributed by atoms with van der Waals surface area (Å²) < 4.78 is 10.7. The second-order valence-electron chi connectivity index (χ2n) is 5.55. The molecule has 1 aromatic carbocycles. The molecular weight excluding hydrogens is 266 g/mol. The molecule has 0 bridgehead atoms. The first kappa shape index (κ1) is 16.0. The average molecular weight is 291 g/mol. The van der Waals surface area contributed by atoms with Crippen LogP contribution in [0.15, 0.2) is 30.3 Å². The monoisotopic (exact) mass is 291 g/mol. The van der Waals surface area contributed by atoms with Gasteiger partial charge in [-0.05, 0) is 31.4 Å². The van der Waals surface area contributed by atoms with Crippen molar-refractivity contribution in [3.63, 3.8) is 0 Å². The molecule has 0 spiro atoms. The van der Waals surface area contributed by atoms with Gasteiger partial charge in [-0.15, -0.1) is 0 Å². The van der Waals surface area contributed by atoms with E-state index in [4.69, 9.17) is 9.47 Å². The van der Waals surface area contributed by atoms with Gasteiger partial charge in [0.2, 0.25) is 0 Å². The molecule has 1 fully saturated rings. The number of rotatable bonds is 6. The zero-order valence-corrected chi connectivity index (χ0v) is 13.0. The van der Waals surface area contributed by atoms with Crippen LogP contribution in [0.2, 0.25) is 0 Å². The molecule has 1 heterocycles. The highest BCUT2D eigenvalue weighted by molar-refractivity contribution is 5.69. The van der Waals surface area contributed by atoms with Gasteiger partial charge in [-0.2, -0.15) is 0 Å². The van der Waals surface area contributed by atoms with Crippen LogP contribution in [0, 0.1) is 5.92 Å². The number of carbonyl (C=O) groups is 1. The predicted molar refractivity (Wildman–Crippen MR) is 81.9 cm³/mol. The third-order valence-corrected chi connectivity index (χ3v) is 4.07. The van der Waals surface area contributed by atoms with Crippen LogP contribution < -0.4 is 0 Å². The lowest BCUT2D eigenvalue weighted by Crippen LogP contribution is -2.45. The van der Waals surface area contributed by atoms with E-state index in [0.717, 1.165) is 26.1 Å². The first-order valence-corrected chi connectivity index (χ1v) is 7.67. The van der Waals surface area contributed by atoms with Gasteiger partial charge in [-0.3, -0.25) is 9.69 Å². The fourth-order valence-corrected chi connectivity index (χ4v) is 2.95. The van der Waals surface area contributed by atoms with Crippen molar-refractivity contribution in [3.05, 3.63) is 35.9 Å². The Balaban J connectivity index is 1.87. The summed E-state index contributed by atoms with van der Waals surface area (Å²) in [6.07, 6.45) is 1.54. The van der Waals surface area contributed by atoms with Crippen molar-refractivity contribution < 1.29 is 14.3 Å². The molecule has 0 unspecified atom stereocenters. The summed E-state index contributed by atoms with van der Waals surface area (Å²) in [4.78, 5) is 14.0. The minimum atomic E-state index is -0.110. The molecule has 0 aromatic heterocycles. The van der Waals surface area contributed by atoms with E-state index in [1.807, 2.05) is 13.0 Å². The third-order valence-electron chi connectivity index (χ3n) is 4.07. The lowest BCUT2D eigenvalue weighted by Gasteiger charge is -2.37. The van der Waals surface area contributed by atoms with E-state index in [-0.39, 0.29) is 18.0 Å². The van der Waals surface area contributed by atoms with Crippen LogP contribution in [0.4, 0.5) is 0 Å². The maximum Gasteiger partial charge on any atom is 0.306 e. The second-order valence-corrected chi connectivity index (χ2v) is 5.55. The van der Waals surface area contributed by atoms with Crippen molar-refractivity contribution in [3.8, 4) is 0 Å². The Morgan fingerprint density at radius 2 is 2.10 bits per heavy atom. The van der Waals surface area contributed by atoms with Crippen molar-refractivity contribution in [1.29, 1.82) is 0 Å². The topological polar surface area (TPSA) is 38.8 Å². The van der Waals surface area contributed by atoms with Gasteiger partial charge in [0.25, 0.3) is 0 Å². The number of esters is 1. The molecule has 116 valence electrons. The van der Waals surface area contributed by atoms with Crippen LogP contribution in [0.1, 0.15) is 25.3 Å². The number of ether oxygens (including phenoxy) is 2. The number of benzene rings is 1. The van der Waals surface area contributed by atoms with Crippen LogP contribution in [0.5, 0.6) is 0 Å². The summed E-state index contributed by atoms with van der Waals surface area (Å²) in [5.74, 6) is 0.155. The maximum absolute atomic E-state index is 11.7. The quantitative estimate of drug-likeness (QED) is 0.755. The van der Waals surface area contributed by atoms with Gasteiger partial charge in [0.15, 0.2) is 0 Å². The molecule has 4 heteroatoms. The molecule has 4 nitrogen and oxygen atoms in total. The molecule has 1 saturated heterocycles. The number of nitrogens with zero attached hydrogens (tertiary/aromatic N) is 1. The smallest absolute Gasteiger partial charge is 0.306 e. The molecule has 21 heavy (non-hydrogen) atoms. The number of likely N-dealkylation sites (tertiary alicyclic amines) is 1. The minimum absolute atomic E-state index is 0.104. The van der Waals surface area contributed by atoms with Crippen molar-refractivity contribution in [2.75, 3.05) is 26.8 Å². The zero-order chi connectivity index (χ0) is 15.1.